The maximum absolute atomic E-state index is 5.90. The van der Waals surface area contributed by atoms with Gasteiger partial charge in [0, 0.05) is 24.1 Å². The Morgan fingerprint density at radius 3 is 2.81 bits per heavy atom. The third-order valence-corrected chi connectivity index (χ3v) is 3.45. The predicted molar refractivity (Wildman–Crippen MR) is 66.8 cm³/mol. The van der Waals surface area contributed by atoms with Crippen LogP contribution in [0.1, 0.15) is 24.4 Å². The van der Waals surface area contributed by atoms with Crippen molar-refractivity contribution in [3.8, 4) is 0 Å². The third-order valence-electron chi connectivity index (χ3n) is 3.20. The zero-order valence-corrected chi connectivity index (χ0v) is 10.3. The highest BCUT2D eigenvalue weighted by Crippen LogP contribution is 2.30. The second-order valence-electron chi connectivity index (χ2n) is 4.34. The van der Waals surface area contributed by atoms with Gasteiger partial charge >= 0.3 is 0 Å². The summed E-state index contributed by atoms with van der Waals surface area (Å²) in [5.74, 6) is 0.569. The number of nitrogens with one attached hydrogen (secondary N) is 1. The van der Waals surface area contributed by atoms with E-state index in [1.54, 1.807) is 7.11 Å². The lowest BCUT2D eigenvalue weighted by Crippen LogP contribution is -2.36. The van der Waals surface area contributed by atoms with Crippen molar-refractivity contribution in [3.63, 3.8) is 0 Å². The van der Waals surface area contributed by atoms with Gasteiger partial charge in [-0.2, -0.15) is 0 Å². The first kappa shape index (κ1) is 11.9. The summed E-state index contributed by atoms with van der Waals surface area (Å²) in [6, 6.07) is 8.53. The molecule has 0 aliphatic carbocycles. The average Bonchev–Trinajstić information content (AvgIpc) is 2.32. The maximum atomic E-state index is 5.90. The van der Waals surface area contributed by atoms with E-state index < -0.39 is 0 Å². The normalized spacial score (nSPS) is 25.6. The Kier molecular flexibility index (Phi) is 4.22. The minimum absolute atomic E-state index is 0.408. The summed E-state index contributed by atoms with van der Waals surface area (Å²) in [5, 5.41) is 4.36. The van der Waals surface area contributed by atoms with Gasteiger partial charge in [0.15, 0.2) is 0 Å². The molecular weight excluding hydrogens is 222 g/mol. The fraction of sp³-hybridized carbons (Fsp3) is 0.538. The molecule has 1 heterocycles. The lowest BCUT2D eigenvalue weighted by molar-refractivity contribution is 0.112. The number of methoxy groups -OCH3 is 1. The summed E-state index contributed by atoms with van der Waals surface area (Å²) < 4.78 is 5.29. The van der Waals surface area contributed by atoms with Crippen molar-refractivity contribution < 1.29 is 4.74 Å². The summed E-state index contributed by atoms with van der Waals surface area (Å²) >= 11 is 5.90. The Balaban J connectivity index is 2.13. The molecule has 0 bridgehead atoms. The Morgan fingerprint density at radius 1 is 1.38 bits per heavy atom. The minimum Gasteiger partial charge on any atom is -0.384 e. The van der Waals surface area contributed by atoms with Crippen molar-refractivity contribution in [3.05, 3.63) is 34.9 Å². The van der Waals surface area contributed by atoms with Gasteiger partial charge in [0.25, 0.3) is 0 Å². The van der Waals surface area contributed by atoms with Crippen LogP contribution in [0.15, 0.2) is 24.3 Å². The summed E-state index contributed by atoms with van der Waals surface area (Å²) in [7, 11) is 1.77. The minimum atomic E-state index is 0.408. The standard InChI is InChI=1S/C13H18ClNO/c1-16-9-11-3-2-8-15-13(11)10-4-6-12(14)7-5-10/h4-7,11,13,15H,2-3,8-9H2,1H3. The van der Waals surface area contributed by atoms with Gasteiger partial charge in [0.05, 0.1) is 6.61 Å². The molecule has 1 N–H and O–H groups in total. The molecule has 0 spiro atoms. The van der Waals surface area contributed by atoms with E-state index in [-0.39, 0.29) is 0 Å². The van der Waals surface area contributed by atoms with Crippen LogP contribution in [0, 0.1) is 5.92 Å². The summed E-state index contributed by atoms with van der Waals surface area (Å²) in [5.41, 5.74) is 1.31. The molecule has 1 aliphatic rings. The number of halogens is 1. The van der Waals surface area contributed by atoms with E-state index in [0.717, 1.165) is 18.2 Å². The first-order chi connectivity index (χ1) is 7.81. The van der Waals surface area contributed by atoms with Crippen molar-refractivity contribution in [2.75, 3.05) is 20.3 Å². The van der Waals surface area contributed by atoms with E-state index in [2.05, 4.69) is 17.4 Å². The molecule has 0 amide bonds. The highest BCUT2D eigenvalue weighted by Gasteiger charge is 2.25. The molecular formula is C13H18ClNO. The van der Waals surface area contributed by atoms with Crippen LogP contribution in [0.5, 0.6) is 0 Å². The lowest BCUT2D eigenvalue weighted by Gasteiger charge is -2.32. The van der Waals surface area contributed by atoms with Gasteiger partial charge in [-0.25, -0.2) is 0 Å². The molecule has 2 atom stereocenters. The van der Waals surface area contributed by atoms with Crippen LogP contribution < -0.4 is 5.32 Å². The fourth-order valence-corrected chi connectivity index (χ4v) is 2.53. The lowest BCUT2D eigenvalue weighted by atomic mass is 9.87. The van der Waals surface area contributed by atoms with Gasteiger partial charge in [-0.05, 0) is 37.1 Å². The van der Waals surface area contributed by atoms with E-state index in [4.69, 9.17) is 16.3 Å². The molecule has 1 fully saturated rings. The van der Waals surface area contributed by atoms with Crippen LogP contribution in [0.25, 0.3) is 0 Å². The number of hydrogen-bond donors (Lipinski definition) is 1. The number of ether oxygens (including phenoxy) is 1. The quantitative estimate of drug-likeness (QED) is 0.876. The van der Waals surface area contributed by atoms with Crippen molar-refractivity contribution in [1.82, 2.24) is 5.32 Å². The molecule has 1 aromatic carbocycles. The Bertz CT molecular complexity index is 323. The Morgan fingerprint density at radius 2 is 2.12 bits per heavy atom. The van der Waals surface area contributed by atoms with Crippen LogP contribution in [0.4, 0.5) is 0 Å². The highest BCUT2D eigenvalue weighted by molar-refractivity contribution is 6.30. The molecule has 88 valence electrons. The number of piperidine rings is 1. The molecule has 0 saturated carbocycles. The highest BCUT2D eigenvalue weighted by atomic mass is 35.5. The van der Waals surface area contributed by atoms with Crippen LogP contribution in [-0.4, -0.2) is 20.3 Å². The molecule has 16 heavy (non-hydrogen) atoms. The second kappa shape index (κ2) is 5.67. The van der Waals surface area contributed by atoms with Crippen molar-refractivity contribution in [2.24, 2.45) is 5.92 Å². The Labute approximate surface area is 102 Å². The van der Waals surface area contributed by atoms with E-state index in [0.29, 0.717) is 12.0 Å². The SMILES string of the molecule is COCC1CCCNC1c1ccc(Cl)cc1. The molecule has 3 heteroatoms. The van der Waals surface area contributed by atoms with Gasteiger partial charge in [-0.1, -0.05) is 23.7 Å². The Hall–Kier alpha value is -0.570. The van der Waals surface area contributed by atoms with Gasteiger partial charge in [-0.3, -0.25) is 0 Å². The largest absolute Gasteiger partial charge is 0.384 e. The topological polar surface area (TPSA) is 21.3 Å². The zero-order valence-electron chi connectivity index (χ0n) is 9.58. The van der Waals surface area contributed by atoms with Gasteiger partial charge in [0.1, 0.15) is 0 Å². The fourth-order valence-electron chi connectivity index (χ4n) is 2.41. The predicted octanol–water partition coefficient (Wildman–Crippen LogP) is 3.03. The molecule has 1 aliphatic heterocycles. The number of hydrogen-bond acceptors (Lipinski definition) is 2. The summed E-state index contributed by atoms with van der Waals surface area (Å²) in [4.78, 5) is 0. The molecule has 1 saturated heterocycles. The summed E-state index contributed by atoms with van der Waals surface area (Å²) in [6.45, 7) is 1.91. The van der Waals surface area contributed by atoms with Crippen LogP contribution in [0.2, 0.25) is 5.02 Å². The van der Waals surface area contributed by atoms with Gasteiger partial charge in [-0.15, -0.1) is 0 Å². The molecule has 2 unspecified atom stereocenters. The first-order valence-corrected chi connectivity index (χ1v) is 6.17. The molecule has 0 aromatic heterocycles. The third kappa shape index (κ3) is 2.76. The van der Waals surface area contributed by atoms with Gasteiger partial charge < -0.3 is 10.1 Å². The zero-order chi connectivity index (χ0) is 11.4. The second-order valence-corrected chi connectivity index (χ2v) is 4.78. The van der Waals surface area contributed by atoms with Crippen LogP contribution in [-0.2, 0) is 4.74 Å². The van der Waals surface area contributed by atoms with Crippen molar-refractivity contribution in [1.29, 1.82) is 0 Å². The monoisotopic (exact) mass is 239 g/mol. The van der Waals surface area contributed by atoms with Crippen LogP contribution >= 0.6 is 11.6 Å². The first-order valence-electron chi connectivity index (χ1n) is 5.79. The van der Waals surface area contributed by atoms with Crippen molar-refractivity contribution in [2.45, 2.75) is 18.9 Å². The van der Waals surface area contributed by atoms with E-state index >= 15 is 0 Å². The molecule has 2 rings (SSSR count). The smallest absolute Gasteiger partial charge is 0.0508 e. The van der Waals surface area contributed by atoms with E-state index in [9.17, 15) is 0 Å². The number of rotatable bonds is 3. The molecule has 1 aromatic rings. The van der Waals surface area contributed by atoms with Crippen LogP contribution in [0.3, 0.4) is 0 Å². The molecule has 2 nitrogen and oxygen atoms in total. The molecule has 0 radical (unpaired) electrons. The van der Waals surface area contributed by atoms with E-state index in [1.807, 2.05) is 12.1 Å². The maximum Gasteiger partial charge on any atom is 0.0508 e. The summed E-state index contributed by atoms with van der Waals surface area (Å²) in [6.07, 6.45) is 2.46. The average molecular weight is 240 g/mol. The van der Waals surface area contributed by atoms with E-state index in [1.165, 1.54) is 18.4 Å². The van der Waals surface area contributed by atoms with Gasteiger partial charge in [0.2, 0.25) is 0 Å². The number of benzene rings is 1. The van der Waals surface area contributed by atoms with Crippen molar-refractivity contribution >= 4 is 11.6 Å².